The van der Waals surface area contributed by atoms with Crippen LogP contribution >= 0.6 is 0 Å². The lowest BCUT2D eigenvalue weighted by Gasteiger charge is -2.09. The standard InChI is InChI=1S/C15H13N3O3/c1-2-12-14(21-15(19)20)9-17-18(12)13-7-3-6-11-10(13)5-4-8-16-11/h3-9H,2H2,1H3,(H,19,20). The van der Waals surface area contributed by atoms with E-state index >= 15 is 0 Å². The maximum atomic E-state index is 10.7. The highest BCUT2D eigenvalue weighted by molar-refractivity contribution is 5.87. The number of nitrogens with zero attached hydrogens (tertiary/aromatic N) is 3. The van der Waals surface area contributed by atoms with Crippen molar-refractivity contribution >= 4 is 17.1 Å². The summed E-state index contributed by atoms with van der Waals surface area (Å²) in [6.45, 7) is 1.92. The molecule has 1 aromatic carbocycles. The molecule has 0 saturated heterocycles. The van der Waals surface area contributed by atoms with E-state index in [0.717, 1.165) is 16.6 Å². The second kappa shape index (κ2) is 5.24. The molecule has 0 spiro atoms. The molecular weight excluding hydrogens is 270 g/mol. The van der Waals surface area contributed by atoms with E-state index in [9.17, 15) is 4.79 Å². The molecule has 0 saturated carbocycles. The molecule has 0 amide bonds. The molecule has 3 rings (SSSR count). The molecular formula is C15H13N3O3. The normalized spacial score (nSPS) is 10.7. The number of benzene rings is 1. The summed E-state index contributed by atoms with van der Waals surface area (Å²) in [5, 5.41) is 14.0. The van der Waals surface area contributed by atoms with Crippen molar-refractivity contribution in [1.29, 1.82) is 0 Å². The van der Waals surface area contributed by atoms with Crippen LogP contribution in [0.15, 0.2) is 42.7 Å². The van der Waals surface area contributed by atoms with Gasteiger partial charge in [-0.3, -0.25) is 4.98 Å². The number of pyridine rings is 1. The molecule has 0 bridgehead atoms. The highest BCUT2D eigenvalue weighted by atomic mass is 16.7. The maximum absolute atomic E-state index is 10.7. The predicted octanol–water partition coefficient (Wildman–Crippen LogP) is 3.04. The van der Waals surface area contributed by atoms with Crippen LogP contribution in [0.3, 0.4) is 0 Å². The highest BCUT2D eigenvalue weighted by Crippen LogP contribution is 2.26. The summed E-state index contributed by atoms with van der Waals surface area (Å²) in [6.07, 6.45) is 2.40. The fourth-order valence-corrected chi connectivity index (χ4v) is 2.34. The molecule has 3 aromatic rings. The number of rotatable bonds is 3. The zero-order valence-corrected chi connectivity index (χ0v) is 11.4. The zero-order valence-electron chi connectivity index (χ0n) is 11.4. The van der Waals surface area contributed by atoms with E-state index < -0.39 is 6.16 Å². The van der Waals surface area contributed by atoms with Gasteiger partial charge < -0.3 is 9.84 Å². The lowest BCUT2D eigenvalue weighted by Crippen LogP contribution is -2.07. The van der Waals surface area contributed by atoms with E-state index in [1.807, 2.05) is 37.3 Å². The van der Waals surface area contributed by atoms with Crippen molar-refractivity contribution < 1.29 is 14.6 Å². The van der Waals surface area contributed by atoms with Crippen molar-refractivity contribution in [2.24, 2.45) is 0 Å². The minimum atomic E-state index is -1.34. The largest absolute Gasteiger partial charge is 0.511 e. The second-order valence-electron chi connectivity index (χ2n) is 4.44. The van der Waals surface area contributed by atoms with Gasteiger partial charge in [0.05, 0.1) is 23.1 Å². The molecule has 1 N–H and O–H groups in total. The number of ether oxygens (including phenoxy) is 1. The van der Waals surface area contributed by atoms with Gasteiger partial charge in [-0.25, -0.2) is 9.48 Å². The Labute approximate surface area is 120 Å². The average Bonchev–Trinajstić information content (AvgIpc) is 2.88. The third kappa shape index (κ3) is 2.31. The van der Waals surface area contributed by atoms with Crippen LogP contribution in [0.25, 0.3) is 16.6 Å². The van der Waals surface area contributed by atoms with Crippen LogP contribution < -0.4 is 4.74 Å². The Balaban J connectivity index is 2.19. The van der Waals surface area contributed by atoms with Crippen LogP contribution in [0.1, 0.15) is 12.6 Å². The average molecular weight is 283 g/mol. The lowest BCUT2D eigenvalue weighted by molar-refractivity contribution is 0.144. The Morgan fingerprint density at radius 3 is 2.95 bits per heavy atom. The Kier molecular flexibility index (Phi) is 3.27. The van der Waals surface area contributed by atoms with Gasteiger partial charge in [0.15, 0.2) is 5.75 Å². The molecule has 0 fully saturated rings. The first-order chi connectivity index (χ1) is 10.2. The first kappa shape index (κ1) is 13.1. The molecule has 2 heterocycles. The number of hydrogen-bond donors (Lipinski definition) is 1. The topological polar surface area (TPSA) is 77.2 Å². The van der Waals surface area contributed by atoms with Gasteiger partial charge in [-0.2, -0.15) is 5.10 Å². The van der Waals surface area contributed by atoms with Gasteiger partial charge in [0.25, 0.3) is 0 Å². The third-order valence-electron chi connectivity index (χ3n) is 3.21. The number of carboxylic acid groups (broad SMARTS) is 1. The second-order valence-corrected chi connectivity index (χ2v) is 4.44. The maximum Gasteiger partial charge on any atom is 0.511 e. The van der Waals surface area contributed by atoms with Gasteiger partial charge in [0.2, 0.25) is 0 Å². The van der Waals surface area contributed by atoms with E-state index in [1.54, 1.807) is 10.9 Å². The molecule has 6 heteroatoms. The minimum Gasteiger partial charge on any atom is -0.449 e. The van der Waals surface area contributed by atoms with Crippen LogP contribution in [0.2, 0.25) is 0 Å². The van der Waals surface area contributed by atoms with E-state index in [4.69, 9.17) is 9.84 Å². The Bertz CT molecular complexity index is 806. The van der Waals surface area contributed by atoms with Crippen molar-refractivity contribution in [2.45, 2.75) is 13.3 Å². The molecule has 6 nitrogen and oxygen atoms in total. The van der Waals surface area contributed by atoms with Crippen molar-refractivity contribution in [1.82, 2.24) is 14.8 Å². The number of carbonyl (C=O) groups is 1. The fraction of sp³-hybridized carbons (Fsp3) is 0.133. The van der Waals surface area contributed by atoms with E-state index in [0.29, 0.717) is 12.1 Å². The van der Waals surface area contributed by atoms with Gasteiger partial charge in [-0.1, -0.05) is 13.0 Å². The molecule has 0 aliphatic rings. The smallest absolute Gasteiger partial charge is 0.449 e. The molecule has 0 atom stereocenters. The number of hydrogen-bond acceptors (Lipinski definition) is 4. The summed E-state index contributed by atoms with van der Waals surface area (Å²) in [7, 11) is 0. The Morgan fingerprint density at radius 2 is 2.19 bits per heavy atom. The number of fused-ring (bicyclic) bond motifs is 1. The highest BCUT2D eigenvalue weighted by Gasteiger charge is 2.16. The summed E-state index contributed by atoms with van der Waals surface area (Å²) >= 11 is 0. The molecule has 21 heavy (non-hydrogen) atoms. The predicted molar refractivity (Wildman–Crippen MR) is 76.9 cm³/mol. The van der Waals surface area contributed by atoms with Gasteiger partial charge >= 0.3 is 6.16 Å². The SMILES string of the molecule is CCc1c(OC(=O)O)cnn1-c1cccc2ncccc12. The Morgan fingerprint density at radius 1 is 1.33 bits per heavy atom. The molecule has 106 valence electrons. The summed E-state index contributed by atoms with van der Waals surface area (Å²) < 4.78 is 6.46. The van der Waals surface area contributed by atoms with Gasteiger partial charge in [0.1, 0.15) is 0 Å². The zero-order chi connectivity index (χ0) is 14.8. The van der Waals surface area contributed by atoms with Crippen molar-refractivity contribution in [3.63, 3.8) is 0 Å². The third-order valence-corrected chi connectivity index (χ3v) is 3.21. The van der Waals surface area contributed by atoms with Crippen molar-refractivity contribution in [2.75, 3.05) is 0 Å². The van der Waals surface area contributed by atoms with Gasteiger partial charge in [0, 0.05) is 11.6 Å². The molecule has 2 aromatic heterocycles. The lowest BCUT2D eigenvalue weighted by atomic mass is 10.1. The fourth-order valence-electron chi connectivity index (χ4n) is 2.34. The van der Waals surface area contributed by atoms with E-state index in [1.165, 1.54) is 6.20 Å². The van der Waals surface area contributed by atoms with Crippen LogP contribution in [-0.4, -0.2) is 26.0 Å². The van der Waals surface area contributed by atoms with Gasteiger partial charge in [-0.05, 0) is 30.7 Å². The molecule has 0 aliphatic heterocycles. The molecule has 0 aliphatic carbocycles. The van der Waals surface area contributed by atoms with Crippen LogP contribution in [0, 0.1) is 0 Å². The molecule has 0 unspecified atom stereocenters. The monoisotopic (exact) mass is 283 g/mol. The summed E-state index contributed by atoms with van der Waals surface area (Å²) in [4.78, 5) is 15.0. The minimum absolute atomic E-state index is 0.255. The summed E-state index contributed by atoms with van der Waals surface area (Å²) in [6, 6.07) is 9.54. The van der Waals surface area contributed by atoms with Crippen LogP contribution in [0.4, 0.5) is 4.79 Å². The first-order valence-electron chi connectivity index (χ1n) is 6.52. The summed E-state index contributed by atoms with van der Waals surface area (Å²) in [5.41, 5.74) is 2.40. The van der Waals surface area contributed by atoms with Crippen molar-refractivity contribution in [3.05, 3.63) is 48.4 Å². The van der Waals surface area contributed by atoms with E-state index in [2.05, 4.69) is 10.1 Å². The van der Waals surface area contributed by atoms with Gasteiger partial charge in [-0.15, -0.1) is 0 Å². The Hall–Kier alpha value is -2.89. The van der Waals surface area contributed by atoms with Crippen LogP contribution in [-0.2, 0) is 6.42 Å². The quantitative estimate of drug-likeness (QED) is 0.747. The number of aromatic nitrogens is 3. The van der Waals surface area contributed by atoms with Crippen LogP contribution in [0.5, 0.6) is 5.75 Å². The van der Waals surface area contributed by atoms with Crippen molar-refractivity contribution in [3.8, 4) is 11.4 Å². The summed E-state index contributed by atoms with van der Waals surface area (Å²) in [5.74, 6) is 0.255. The molecule has 0 radical (unpaired) electrons. The first-order valence-corrected chi connectivity index (χ1v) is 6.52. The van der Waals surface area contributed by atoms with E-state index in [-0.39, 0.29) is 5.75 Å².